The van der Waals surface area contributed by atoms with Gasteiger partial charge in [-0.15, -0.1) is 0 Å². The molecule has 0 fully saturated rings. The normalized spacial score (nSPS) is 11.5. The van der Waals surface area contributed by atoms with E-state index in [2.05, 4.69) is 5.32 Å². The van der Waals surface area contributed by atoms with E-state index in [1.165, 1.54) is 6.92 Å². The van der Waals surface area contributed by atoms with Gasteiger partial charge in [0.05, 0.1) is 6.42 Å². The van der Waals surface area contributed by atoms with E-state index in [1.54, 1.807) is 48.5 Å². The van der Waals surface area contributed by atoms with E-state index in [9.17, 15) is 14.4 Å². The average molecular weight is 394 g/mol. The van der Waals surface area contributed by atoms with E-state index in [1.807, 2.05) is 0 Å². The molecule has 2 aromatic rings. The Balaban J connectivity index is 1.79. The van der Waals surface area contributed by atoms with Gasteiger partial charge in [0, 0.05) is 27.7 Å². The second-order valence-electron chi connectivity index (χ2n) is 5.56. The number of amides is 1. The van der Waals surface area contributed by atoms with Crippen molar-refractivity contribution in [2.75, 3.05) is 5.32 Å². The van der Waals surface area contributed by atoms with Crippen LogP contribution in [0.5, 0.6) is 0 Å². The van der Waals surface area contributed by atoms with Crippen molar-refractivity contribution in [1.82, 2.24) is 0 Å². The number of carbonyl (C=O) groups is 3. The largest absolute Gasteiger partial charge is 0.453 e. The molecule has 2 aromatic carbocycles. The van der Waals surface area contributed by atoms with Crippen LogP contribution in [0.2, 0.25) is 10.0 Å². The third-order valence-corrected chi connectivity index (χ3v) is 4.02. The predicted octanol–water partition coefficient (Wildman–Crippen LogP) is 4.53. The van der Waals surface area contributed by atoms with E-state index in [4.69, 9.17) is 27.9 Å². The second kappa shape index (κ2) is 9.36. The van der Waals surface area contributed by atoms with Gasteiger partial charge in [-0.2, -0.15) is 0 Å². The number of hydrogen-bond donors (Lipinski definition) is 1. The number of esters is 1. The summed E-state index contributed by atoms with van der Waals surface area (Å²) in [6, 6.07) is 13.0. The number of hydrogen-bond acceptors (Lipinski definition) is 4. The Hall–Kier alpha value is -2.37. The maximum atomic E-state index is 12.0. The van der Waals surface area contributed by atoms with E-state index in [-0.39, 0.29) is 18.6 Å². The molecule has 0 saturated heterocycles. The standard InChI is InChI=1S/C19H17Cl2NO4/c1-12(19(25)22-16-8-6-15(21)7-9-16)26-18(24)11-10-17(23)13-2-4-14(20)5-3-13/h2-9,12H,10-11H2,1H3,(H,22,25). The van der Waals surface area contributed by atoms with Crippen LogP contribution in [0, 0.1) is 0 Å². The van der Waals surface area contributed by atoms with Crippen LogP contribution in [-0.4, -0.2) is 23.8 Å². The molecule has 26 heavy (non-hydrogen) atoms. The Labute approximate surface area is 161 Å². The van der Waals surface area contributed by atoms with Crippen LogP contribution < -0.4 is 5.32 Å². The number of carbonyl (C=O) groups excluding carboxylic acids is 3. The lowest BCUT2D eigenvalue weighted by Crippen LogP contribution is -2.30. The molecule has 0 radical (unpaired) electrons. The highest BCUT2D eigenvalue weighted by Gasteiger charge is 2.19. The van der Waals surface area contributed by atoms with E-state index in [0.717, 1.165) is 0 Å². The van der Waals surface area contributed by atoms with Crippen LogP contribution in [0.4, 0.5) is 5.69 Å². The molecule has 1 N–H and O–H groups in total. The van der Waals surface area contributed by atoms with Crippen molar-refractivity contribution < 1.29 is 19.1 Å². The fourth-order valence-corrected chi connectivity index (χ4v) is 2.33. The van der Waals surface area contributed by atoms with E-state index < -0.39 is 18.0 Å². The smallest absolute Gasteiger partial charge is 0.307 e. The number of ether oxygens (including phenoxy) is 1. The molecule has 0 heterocycles. The molecule has 5 nitrogen and oxygen atoms in total. The van der Waals surface area contributed by atoms with Crippen molar-refractivity contribution >= 4 is 46.5 Å². The van der Waals surface area contributed by atoms with Crippen molar-refractivity contribution in [3.63, 3.8) is 0 Å². The van der Waals surface area contributed by atoms with Crippen molar-refractivity contribution in [2.45, 2.75) is 25.9 Å². The van der Waals surface area contributed by atoms with Gasteiger partial charge < -0.3 is 10.1 Å². The van der Waals surface area contributed by atoms with Crippen molar-refractivity contribution in [2.24, 2.45) is 0 Å². The van der Waals surface area contributed by atoms with Gasteiger partial charge in [0.2, 0.25) is 0 Å². The molecule has 136 valence electrons. The number of Topliss-reactive ketones (excluding diaryl/α,β-unsaturated/α-hetero) is 1. The first-order valence-electron chi connectivity index (χ1n) is 7.90. The lowest BCUT2D eigenvalue weighted by molar-refractivity contribution is -0.153. The van der Waals surface area contributed by atoms with Gasteiger partial charge >= 0.3 is 5.97 Å². The van der Waals surface area contributed by atoms with Crippen molar-refractivity contribution in [3.05, 3.63) is 64.1 Å². The topological polar surface area (TPSA) is 72.5 Å². The molecule has 0 aliphatic carbocycles. The molecular formula is C19H17Cl2NO4. The van der Waals surface area contributed by atoms with Gasteiger partial charge in [-0.1, -0.05) is 23.2 Å². The maximum absolute atomic E-state index is 12.0. The van der Waals surface area contributed by atoms with E-state index >= 15 is 0 Å². The summed E-state index contributed by atoms with van der Waals surface area (Å²) in [5, 5.41) is 3.69. The molecule has 7 heteroatoms. The first kappa shape index (κ1) is 19.9. The number of rotatable bonds is 7. The molecular weight excluding hydrogens is 377 g/mol. The van der Waals surface area contributed by atoms with E-state index in [0.29, 0.717) is 21.3 Å². The molecule has 1 atom stereocenters. The minimum absolute atomic E-state index is 0.00795. The zero-order valence-corrected chi connectivity index (χ0v) is 15.5. The third-order valence-electron chi connectivity index (χ3n) is 3.51. The van der Waals surface area contributed by atoms with Crippen LogP contribution >= 0.6 is 23.2 Å². The van der Waals surface area contributed by atoms with Crippen LogP contribution in [0.25, 0.3) is 0 Å². The molecule has 1 unspecified atom stereocenters. The lowest BCUT2D eigenvalue weighted by atomic mass is 10.1. The Kier molecular flexibility index (Phi) is 7.18. The van der Waals surface area contributed by atoms with Crippen LogP contribution in [0.1, 0.15) is 30.1 Å². The molecule has 1 amide bonds. The SMILES string of the molecule is CC(OC(=O)CCC(=O)c1ccc(Cl)cc1)C(=O)Nc1ccc(Cl)cc1. The van der Waals surface area contributed by atoms with Gasteiger partial charge in [0.25, 0.3) is 5.91 Å². The van der Waals surface area contributed by atoms with Gasteiger partial charge in [-0.25, -0.2) is 0 Å². The highest BCUT2D eigenvalue weighted by molar-refractivity contribution is 6.31. The van der Waals surface area contributed by atoms with Crippen molar-refractivity contribution in [3.8, 4) is 0 Å². The number of benzene rings is 2. The zero-order valence-electron chi connectivity index (χ0n) is 14.0. The van der Waals surface area contributed by atoms with Gasteiger partial charge in [0.15, 0.2) is 11.9 Å². The summed E-state index contributed by atoms with van der Waals surface area (Å²) < 4.78 is 5.06. The molecule has 0 bridgehead atoms. The summed E-state index contributed by atoms with van der Waals surface area (Å²) in [4.78, 5) is 35.9. The molecule has 0 saturated carbocycles. The first-order valence-corrected chi connectivity index (χ1v) is 8.65. The monoisotopic (exact) mass is 393 g/mol. The van der Waals surface area contributed by atoms with Gasteiger partial charge in [-0.05, 0) is 55.5 Å². The number of nitrogens with one attached hydrogen (secondary N) is 1. The fraction of sp³-hybridized carbons (Fsp3) is 0.211. The highest BCUT2D eigenvalue weighted by atomic mass is 35.5. The zero-order chi connectivity index (χ0) is 19.1. The highest BCUT2D eigenvalue weighted by Crippen LogP contribution is 2.15. The third kappa shape index (κ3) is 6.17. The first-order chi connectivity index (χ1) is 12.3. The Bertz CT molecular complexity index is 788. The second-order valence-corrected chi connectivity index (χ2v) is 6.43. The average Bonchev–Trinajstić information content (AvgIpc) is 2.62. The van der Waals surface area contributed by atoms with Crippen LogP contribution in [-0.2, 0) is 14.3 Å². The summed E-state index contributed by atoms with van der Waals surface area (Å²) in [6.45, 7) is 1.46. The van der Waals surface area contributed by atoms with Crippen LogP contribution in [0.15, 0.2) is 48.5 Å². The Morgan fingerprint density at radius 1 is 0.923 bits per heavy atom. The molecule has 0 aliphatic heterocycles. The number of anilines is 1. The fourth-order valence-electron chi connectivity index (χ4n) is 2.08. The molecule has 2 rings (SSSR count). The lowest BCUT2D eigenvalue weighted by Gasteiger charge is -2.13. The molecule has 0 spiro atoms. The van der Waals surface area contributed by atoms with Crippen molar-refractivity contribution in [1.29, 1.82) is 0 Å². The number of halogens is 2. The summed E-state index contributed by atoms with van der Waals surface area (Å²) in [7, 11) is 0. The Morgan fingerprint density at radius 3 is 2.04 bits per heavy atom. The Morgan fingerprint density at radius 2 is 1.46 bits per heavy atom. The minimum atomic E-state index is -0.983. The maximum Gasteiger partial charge on any atom is 0.307 e. The minimum Gasteiger partial charge on any atom is -0.453 e. The van der Waals surface area contributed by atoms with Gasteiger partial charge in [0.1, 0.15) is 0 Å². The predicted molar refractivity (Wildman–Crippen MR) is 101 cm³/mol. The summed E-state index contributed by atoms with van der Waals surface area (Å²) in [5.74, 6) is -1.28. The molecule has 0 aromatic heterocycles. The van der Waals surface area contributed by atoms with Crippen LogP contribution in [0.3, 0.4) is 0 Å². The summed E-state index contributed by atoms with van der Waals surface area (Å²) in [6.07, 6.45) is -1.10. The van der Waals surface area contributed by atoms with Gasteiger partial charge in [-0.3, -0.25) is 14.4 Å². The molecule has 0 aliphatic rings. The number of ketones is 1. The summed E-state index contributed by atoms with van der Waals surface area (Å²) in [5.41, 5.74) is 1.01. The summed E-state index contributed by atoms with van der Waals surface area (Å²) >= 11 is 11.5. The quantitative estimate of drug-likeness (QED) is 0.553.